The molecule has 3 fully saturated rings. The first-order chi connectivity index (χ1) is 31.5. The number of carbonyl (C=O) groups excluding carboxylic acids is 4. The molecule has 1 amide bonds. The first-order valence-electron chi connectivity index (χ1n) is 24.5. The molecule has 2 bridgehead atoms. The van der Waals surface area contributed by atoms with Gasteiger partial charge in [-0.2, -0.15) is 0 Å². The molecule has 0 radical (unpaired) electrons. The maximum absolute atomic E-state index is 14.5. The summed E-state index contributed by atoms with van der Waals surface area (Å²) in [6.07, 6.45) is 4.98. The van der Waals surface area contributed by atoms with Crippen LogP contribution in [0.4, 0.5) is 0 Å². The van der Waals surface area contributed by atoms with E-state index in [1.54, 1.807) is 35.2 Å². The summed E-state index contributed by atoms with van der Waals surface area (Å²) in [6.45, 7) is 13.4. The van der Waals surface area contributed by atoms with E-state index in [4.69, 9.17) is 28.4 Å². The van der Waals surface area contributed by atoms with Gasteiger partial charge in [0, 0.05) is 65.1 Å². The molecule has 14 heteroatoms. The van der Waals surface area contributed by atoms with Crippen molar-refractivity contribution in [3.63, 3.8) is 0 Å². The minimum atomic E-state index is -2.50. The van der Waals surface area contributed by atoms with Gasteiger partial charge in [-0.1, -0.05) is 75.8 Å². The van der Waals surface area contributed by atoms with Gasteiger partial charge in [0.2, 0.25) is 5.79 Å². The smallest absolute Gasteiger partial charge is 0.329 e. The topological polar surface area (TPSA) is 179 Å². The van der Waals surface area contributed by atoms with Crippen LogP contribution in [0, 0.1) is 29.6 Å². The van der Waals surface area contributed by atoms with Crippen LogP contribution in [0.1, 0.15) is 118 Å². The molecule has 1 aromatic carbocycles. The highest BCUT2D eigenvalue weighted by Gasteiger charge is 2.56. The van der Waals surface area contributed by atoms with Gasteiger partial charge in [0.05, 0.1) is 37.1 Å². The first-order valence-corrected chi connectivity index (χ1v) is 24.5. The fraction of sp³-hybridized carbons (Fsp3) is 0.731. The Balaban J connectivity index is 1.41. The lowest BCUT2D eigenvalue weighted by Crippen LogP contribution is -2.64. The van der Waals surface area contributed by atoms with Crippen LogP contribution in [-0.4, -0.2) is 134 Å². The van der Waals surface area contributed by atoms with Crippen LogP contribution in [0.2, 0.25) is 0 Å². The lowest BCUT2D eigenvalue weighted by atomic mass is 9.81. The van der Waals surface area contributed by atoms with Gasteiger partial charge in [0.25, 0.3) is 11.7 Å². The molecular formula is C52H80N2O12. The van der Waals surface area contributed by atoms with Crippen LogP contribution >= 0.6 is 0 Å². The Morgan fingerprint density at radius 3 is 2.29 bits per heavy atom. The number of ether oxygens (including phenoxy) is 6. The third-order valence-electron chi connectivity index (χ3n) is 14.6. The highest BCUT2D eigenvalue weighted by atomic mass is 16.7. The van der Waals surface area contributed by atoms with Gasteiger partial charge in [-0.15, -0.1) is 0 Å². The number of cyclic esters (lactones) is 1. The molecule has 14 atom stereocenters. The Morgan fingerprint density at radius 2 is 1.61 bits per heavy atom. The normalized spacial score (nSPS) is 37.0. The maximum atomic E-state index is 14.5. The van der Waals surface area contributed by atoms with Crippen molar-refractivity contribution in [1.29, 1.82) is 0 Å². The van der Waals surface area contributed by atoms with Gasteiger partial charge in [-0.3, -0.25) is 14.4 Å². The molecule has 66 heavy (non-hydrogen) atoms. The van der Waals surface area contributed by atoms with Crippen molar-refractivity contribution in [1.82, 2.24) is 10.2 Å². The van der Waals surface area contributed by atoms with Gasteiger partial charge >= 0.3 is 5.97 Å². The molecule has 4 aliphatic rings. The zero-order valence-corrected chi connectivity index (χ0v) is 41.1. The molecule has 1 aromatic rings. The summed E-state index contributed by atoms with van der Waals surface area (Å²) in [5.74, 6) is -7.41. The van der Waals surface area contributed by atoms with E-state index < -0.39 is 77.8 Å². The molecule has 370 valence electrons. The Bertz CT molecular complexity index is 1810. The fourth-order valence-corrected chi connectivity index (χ4v) is 10.7. The molecule has 0 spiro atoms. The number of allylic oxidation sites excluding steroid dienone is 3. The van der Waals surface area contributed by atoms with Crippen LogP contribution in [0.25, 0.3) is 0 Å². The number of nitrogens with one attached hydrogen (secondary N) is 1. The van der Waals surface area contributed by atoms with Crippen molar-refractivity contribution >= 4 is 23.4 Å². The number of carbonyl (C=O) groups is 4. The molecule has 0 aromatic heterocycles. The first kappa shape index (κ1) is 53.6. The van der Waals surface area contributed by atoms with E-state index in [1.165, 1.54) is 10.5 Å². The number of hydrogen-bond acceptors (Lipinski definition) is 13. The molecule has 0 unspecified atom stereocenters. The monoisotopic (exact) mass is 925 g/mol. The Labute approximate surface area is 393 Å². The van der Waals surface area contributed by atoms with Gasteiger partial charge < -0.3 is 48.9 Å². The molecular weight excluding hydrogens is 845 g/mol. The summed E-state index contributed by atoms with van der Waals surface area (Å²) in [5.41, 5.74) is 2.91. The van der Waals surface area contributed by atoms with Gasteiger partial charge in [-0.05, 0) is 101 Å². The molecule has 14 nitrogen and oxygen atoms in total. The number of Topliss-reactive ketones (excluding diaryl/α,β-unsaturated/α-hetero) is 2. The Kier molecular flexibility index (Phi) is 20.6. The molecule has 5 rings (SSSR count). The second-order valence-electron chi connectivity index (χ2n) is 19.7. The number of ketones is 2. The van der Waals surface area contributed by atoms with Crippen molar-refractivity contribution in [3.05, 3.63) is 59.2 Å². The Morgan fingerprint density at radius 1 is 0.909 bits per heavy atom. The van der Waals surface area contributed by atoms with E-state index in [0.717, 1.165) is 25.0 Å². The van der Waals surface area contributed by atoms with Crippen molar-refractivity contribution in [2.75, 3.05) is 41.0 Å². The number of aliphatic hydroxyl groups is 2. The lowest BCUT2D eigenvalue weighted by Gasteiger charge is -2.47. The van der Waals surface area contributed by atoms with Crippen molar-refractivity contribution in [2.45, 2.75) is 173 Å². The number of fused-ring (bicyclic) bond motifs is 3. The van der Waals surface area contributed by atoms with Gasteiger partial charge in [0.15, 0.2) is 0 Å². The van der Waals surface area contributed by atoms with E-state index >= 15 is 0 Å². The van der Waals surface area contributed by atoms with Crippen LogP contribution in [0.5, 0.6) is 0 Å². The molecule has 2 saturated heterocycles. The van der Waals surface area contributed by atoms with E-state index in [0.29, 0.717) is 57.2 Å². The summed E-state index contributed by atoms with van der Waals surface area (Å²) in [4.78, 5) is 58.4. The number of benzene rings is 1. The summed E-state index contributed by atoms with van der Waals surface area (Å²) in [6, 6.07) is 9.08. The minimum absolute atomic E-state index is 0.0337. The average Bonchev–Trinajstić information content (AvgIpc) is 3.31. The summed E-state index contributed by atoms with van der Waals surface area (Å²) in [5, 5.41) is 27.4. The van der Waals surface area contributed by atoms with E-state index in [1.807, 2.05) is 45.0 Å². The third-order valence-corrected chi connectivity index (χ3v) is 14.6. The number of rotatable bonds is 12. The number of aliphatic hydroxyl groups excluding tert-OH is 1. The summed E-state index contributed by atoms with van der Waals surface area (Å²) >= 11 is 0. The predicted octanol–water partition coefficient (Wildman–Crippen LogP) is 6.29. The number of methoxy groups -OCH3 is 3. The summed E-state index contributed by atoms with van der Waals surface area (Å²) < 4.78 is 36.7. The van der Waals surface area contributed by atoms with E-state index in [-0.39, 0.29) is 55.6 Å². The molecule has 3 heterocycles. The van der Waals surface area contributed by atoms with Gasteiger partial charge in [0.1, 0.15) is 24.0 Å². The Hall–Kier alpha value is -3.34. The standard InChI is InChI=1S/C52H80N2O12/c1-10-39-25-32(2)24-33(3)26-45(62-8)48-46(63-9)28-35(5)52(60,66-48)49(57)50(58)54-22-15-14-18-40(54)51(59)65-47(36(6)41(55)30-42(39)56)34(4)27-38-19-20-43(44(29-38)61-7)64-23-21-53-31-37-16-12-11-13-17-37/h11-13,16-17,25,27,33,35-36,38-41,43-48,53,55,60H,10,14-15,18-24,26,28-31H2,1-9H3/b32-25+,34-27+/t33-,35+,36+,38-,39+,40-,41-,43+,44+,45-,46-,47+,48+,52+/m0/s1. The quantitative estimate of drug-likeness (QED) is 0.0924. The zero-order valence-electron chi connectivity index (χ0n) is 41.1. The number of esters is 1. The number of nitrogens with zero attached hydrogens (tertiary/aromatic N) is 1. The predicted molar refractivity (Wildman–Crippen MR) is 250 cm³/mol. The van der Waals surface area contributed by atoms with E-state index in [9.17, 15) is 29.4 Å². The average molecular weight is 925 g/mol. The maximum Gasteiger partial charge on any atom is 0.329 e. The molecule has 1 saturated carbocycles. The molecule has 3 N–H and O–H groups in total. The number of hydrogen-bond donors (Lipinski definition) is 3. The SMILES string of the molecule is CC[C@@H]1/C=C(\C)C[C@H](C)C[C@H](OC)[C@H]2O[C@@](O)(C(=O)C(=O)N3CCCC[C@H]3C(=O)O[C@H](/C(C)=C/[C@@H]3CC[C@@H](OCCNCc4ccccc4)[C@H](OC)C3)[C@H](C)[C@@H](O)CC1=O)[C@H](C)C[C@@H]2OC. The highest BCUT2D eigenvalue weighted by molar-refractivity contribution is 6.39. The number of amides is 1. The van der Waals surface area contributed by atoms with Crippen LogP contribution in [0.3, 0.4) is 0 Å². The van der Waals surface area contributed by atoms with Gasteiger partial charge in [-0.25, -0.2) is 4.79 Å². The van der Waals surface area contributed by atoms with Crippen LogP contribution < -0.4 is 5.32 Å². The second-order valence-corrected chi connectivity index (χ2v) is 19.7. The number of piperidine rings is 1. The van der Waals surface area contributed by atoms with Crippen molar-refractivity contribution < 1.29 is 57.8 Å². The zero-order chi connectivity index (χ0) is 48.1. The highest BCUT2D eigenvalue weighted by Crippen LogP contribution is 2.39. The lowest BCUT2D eigenvalue weighted by molar-refractivity contribution is -0.302. The van der Waals surface area contributed by atoms with E-state index in [2.05, 4.69) is 30.4 Å². The van der Waals surface area contributed by atoms with Crippen LogP contribution in [0.15, 0.2) is 53.6 Å². The van der Waals surface area contributed by atoms with Crippen LogP contribution in [-0.2, 0) is 54.1 Å². The fourth-order valence-electron chi connectivity index (χ4n) is 10.7. The molecule has 3 aliphatic heterocycles. The van der Waals surface area contributed by atoms with Crippen molar-refractivity contribution in [2.24, 2.45) is 29.6 Å². The molecule has 1 aliphatic carbocycles. The minimum Gasteiger partial charge on any atom is -0.456 e. The summed E-state index contributed by atoms with van der Waals surface area (Å²) in [7, 11) is 4.77. The third kappa shape index (κ3) is 13.7. The second kappa shape index (κ2) is 25.3. The largest absolute Gasteiger partial charge is 0.456 e. The van der Waals surface area contributed by atoms with Crippen molar-refractivity contribution in [3.8, 4) is 0 Å².